The summed E-state index contributed by atoms with van der Waals surface area (Å²) in [4.78, 5) is 16.2. The first kappa shape index (κ1) is 21.4. The van der Waals surface area contributed by atoms with Crippen molar-refractivity contribution in [2.45, 2.75) is 6.54 Å². The van der Waals surface area contributed by atoms with Crippen LogP contribution in [0.15, 0.2) is 67.4 Å². The monoisotopic (exact) mass is 455 g/mol. The molecule has 0 radical (unpaired) electrons. The van der Waals surface area contributed by atoms with Crippen molar-refractivity contribution in [2.24, 2.45) is 14.1 Å². The van der Waals surface area contributed by atoms with Crippen molar-refractivity contribution < 1.29 is 9.47 Å². The minimum absolute atomic E-state index is 0.543. The third-order valence-corrected chi connectivity index (χ3v) is 5.71. The van der Waals surface area contributed by atoms with E-state index in [1.54, 1.807) is 37.5 Å². The van der Waals surface area contributed by atoms with Gasteiger partial charge in [0, 0.05) is 67.8 Å². The predicted molar refractivity (Wildman–Crippen MR) is 130 cm³/mol. The van der Waals surface area contributed by atoms with Crippen molar-refractivity contribution in [3.63, 3.8) is 0 Å². The first-order valence-electron chi connectivity index (χ1n) is 10.8. The van der Waals surface area contributed by atoms with Gasteiger partial charge in [0.05, 0.1) is 49.9 Å². The Balaban J connectivity index is 1.63. The quantitative estimate of drug-likeness (QED) is 0.365. The summed E-state index contributed by atoms with van der Waals surface area (Å²) in [6.07, 6.45) is 9.22. The van der Waals surface area contributed by atoms with Crippen molar-refractivity contribution in [3.05, 3.63) is 73.2 Å². The zero-order valence-corrected chi connectivity index (χ0v) is 19.5. The van der Waals surface area contributed by atoms with Gasteiger partial charge in [-0.3, -0.25) is 9.67 Å². The van der Waals surface area contributed by atoms with E-state index in [9.17, 15) is 0 Å². The van der Waals surface area contributed by atoms with Gasteiger partial charge in [-0.2, -0.15) is 5.10 Å². The lowest BCUT2D eigenvalue weighted by atomic mass is 10.2. The lowest BCUT2D eigenvalue weighted by Gasteiger charge is -2.26. The number of aromatic nitrogens is 6. The normalized spacial score (nSPS) is 11.1. The first-order chi connectivity index (χ1) is 16.5. The molecule has 0 saturated carbocycles. The van der Waals surface area contributed by atoms with Gasteiger partial charge in [-0.25, -0.2) is 9.97 Å². The number of imidazole rings is 1. The molecule has 0 spiro atoms. The standard InChI is InChI=1S/C25H25N7O2/c1-30-8-7-26-25(30)16-32(19-9-20(33-3)12-21(10-19)34-4)18-5-6-22-23(11-18)29-24(14-27-22)17-13-28-31(2)15-17/h5-15H,16H2,1-4H3. The Morgan fingerprint density at radius 3 is 2.32 bits per heavy atom. The fourth-order valence-electron chi connectivity index (χ4n) is 3.83. The van der Waals surface area contributed by atoms with Gasteiger partial charge in [-0.05, 0) is 18.2 Å². The molecule has 9 nitrogen and oxygen atoms in total. The molecule has 5 rings (SSSR count). The predicted octanol–water partition coefficient (Wildman–Crippen LogP) is 4.12. The van der Waals surface area contributed by atoms with Crippen LogP contribution in [0.2, 0.25) is 0 Å². The van der Waals surface area contributed by atoms with Crippen LogP contribution in [0.3, 0.4) is 0 Å². The van der Waals surface area contributed by atoms with Crippen molar-refractivity contribution in [3.8, 4) is 22.8 Å². The Morgan fingerprint density at radius 2 is 1.68 bits per heavy atom. The van der Waals surface area contributed by atoms with Crippen molar-refractivity contribution in [2.75, 3.05) is 19.1 Å². The highest BCUT2D eigenvalue weighted by molar-refractivity contribution is 5.82. The zero-order chi connectivity index (χ0) is 23.7. The maximum atomic E-state index is 5.52. The summed E-state index contributed by atoms with van der Waals surface area (Å²) < 4.78 is 14.8. The molecule has 0 aliphatic carbocycles. The zero-order valence-electron chi connectivity index (χ0n) is 19.5. The number of fused-ring (bicyclic) bond motifs is 1. The van der Waals surface area contributed by atoms with Crippen LogP contribution in [0.1, 0.15) is 5.82 Å². The molecule has 0 fully saturated rings. The summed E-state index contributed by atoms with van der Waals surface area (Å²) in [6.45, 7) is 0.543. The van der Waals surface area contributed by atoms with E-state index in [4.69, 9.17) is 14.5 Å². The molecule has 34 heavy (non-hydrogen) atoms. The van der Waals surface area contributed by atoms with Gasteiger partial charge < -0.3 is 18.9 Å². The van der Waals surface area contributed by atoms with Crippen LogP contribution in [0, 0.1) is 0 Å². The summed E-state index contributed by atoms with van der Waals surface area (Å²) in [7, 11) is 7.16. The number of hydrogen-bond donors (Lipinski definition) is 0. The van der Waals surface area contributed by atoms with Crippen LogP contribution in [-0.4, -0.2) is 43.5 Å². The lowest BCUT2D eigenvalue weighted by Crippen LogP contribution is -2.19. The van der Waals surface area contributed by atoms with Crippen LogP contribution < -0.4 is 14.4 Å². The molecule has 0 unspecified atom stereocenters. The Kier molecular flexibility index (Phi) is 5.59. The molecule has 172 valence electrons. The molecule has 3 heterocycles. The summed E-state index contributed by atoms with van der Waals surface area (Å²) >= 11 is 0. The molecular formula is C25H25N7O2. The summed E-state index contributed by atoms with van der Waals surface area (Å²) in [6, 6.07) is 11.9. The number of rotatable bonds is 7. The molecular weight excluding hydrogens is 430 g/mol. The smallest absolute Gasteiger partial charge is 0.128 e. The van der Waals surface area contributed by atoms with Gasteiger partial charge in [0.2, 0.25) is 0 Å². The molecule has 0 N–H and O–H groups in total. The largest absolute Gasteiger partial charge is 0.497 e. The number of benzene rings is 2. The fourth-order valence-corrected chi connectivity index (χ4v) is 3.83. The maximum absolute atomic E-state index is 5.52. The van der Waals surface area contributed by atoms with E-state index in [-0.39, 0.29) is 0 Å². The van der Waals surface area contributed by atoms with Gasteiger partial charge in [0.15, 0.2) is 0 Å². The molecule has 0 atom stereocenters. The first-order valence-corrected chi connectivity index (χ1v) is 10.8. The summed E-state index contributed by atoms with van der Waals surface area (Å²) in [5, 5.41) is 4.25. The molecule has 2 aromatic carbocycles. The highest BCUT2D eigenvalue weighted by Gasteiger charge is 2.17. The molecule has 0 amide bonds. The van der Waals surface area contributed by atoms with Gasteiger partial charge >= 0.3 is 0 Å². The van der Waals surface area contributed by atoms with E-state index in [1.807, 2.05) is 67.5 Å². The van der Waals surface area contributed by atoms with Crippen molar-refractivity contribution >= 4 is 22.4 Å². The van der Waals surface area contributed by atoms with Crippen molar-refractivity contribution in [1.29, 1.82) is 0 Å². The number of methoxy groups -OCH3 is 2. The number of ether oxygens (including phenoxy) is 2. The number of anilines is 2. The molecule has 0 bridgehead atoms. The van der Waals surface area contributed by atoms with Crippen LogP contribution >= 0.6 is 0 Å². The molecule has 0 aliphatic rings. The Labute approximate surface area is 197 Å². The van der Waals surface area contributed by atoms with E-state index < -0.39 is 0 Å². The Morgan fingerprint density at radius 1 is 0.882 bits per heavy atom. The van der Waals surface area contributed by atoms with Gasteiger partial charge in [-0.15, -0.1) is 0 Å². The Hall–Kier alpha value is -4.40. The minimum atomic E-state index is 0.543. The van der Waals surface area contributed by atoms with E-state index in [0.717, 1.165) is 39.5 Å². The van der Waals surface area contributed by atoms with E-state index in [1.165, 1.54) is 0 Å². The molecule has 9 heteroatoms. The van der Waals surface area contributed by atoms with Crippen molar-refractivity contribution in [1.82, 2.24) is 29.3 Å². The van der Waals surface area contributed by atoms with E-state index in [2.05, 4.69) is 20.0 Å². The topological polar surface area (TPSA) is 83.1 Å². The van der Waals surface area contributed by atoms with E-state index in [0.29, 0.717) is 18.0 Å². The molecule has 0 aliphatic heterocycles. The average Bonchev–Trinajstić information content (AvgIpc) is 3.49. The highest BCUT2D eigenvalue weighted by Crippen LogP contribution is 2.35. The molecule has 0 saturated heterocycles. The average molecular weight is 456 g/mol. The second kappa shape index (κ2) is 8.86. The lowest BCUT2D eigenvalue weighted by molar-refractivity contribution is 0.394. The number of hydrogen-bond acceptors (Lipinski definition) is 7. The SMILES string of the molecule is COc1cc(OC)cc(N(Cc2nccn2C)c2ccc3ncc(-c4cnn(C)c4)nc3c2)c1. The van der Waals surface area contributed by atoms with Crippen LogP contribution in [0.25, 0.3) is 22.3 Å². The fraction of sp³-hybridized carbons (Fsp3) is 0.200. The van der Waals surface area contributed by atoms with Gasteiger partial charge in [0.25, 0.3) is 0 Å². The molecule has 3 aromatic heterocycles. The summed E-state index contributed by atoms with van der Waals surface area (Å²) in [5.41, 5.74) is 5.16. The van der Waals surface area contributed by atoms with Crippen LogP contribution in [0.4, 0.5) is 11.4 Å². The third kappa shape index (κ3) is 4.15. The van der Waals surface area contributed by atoms with Gasteiger partial charge in [0.1, 0.15) is 17.3 Å². The number of nitrogens with zero attached hydrogens (tertiary/aromatic N) is 7. The number of aryl methyl sites for hydroxylation is 2. The van der Waals surface area contributed by atoms with E-state index >= 15 is 0 Å². The maximum Gasteiger partial charge on any atom is 0.128 e. The third-order valence-electron chi connectivity index (χ3n) is 5.71. The highest BCUT2D eigenvalue weighted by atomic mass is 16.5. The van der Waals surface area contributed by atoms with Crippen LogP contribution in [0.5, 0.6) is 11.5 Å². The molecule has 5 aromatic rings. The minimum Gasteiger partial charge on any atom is -0.497 e. The summed E-state index contributed by atoms with van der Waals surface area (Å²) in [5.74, 6) is 2.33. The second-order valence-electron chi connectivity index (χ2n) is 7.94. The van der Waals surface area contributed by atoms with Crippen LogP contribution in [-0.2, 0) is 20.6 Å². The Bertz CT molecular complexity index is 1430. The van der Waals surface area contributed by atoms with Gasteiger partial charge in [-0.1, -0.05) is 0 Å². The second-order valence-corrected chi connectivity index (χ2v) is 7.94.